The maximum Gasteiger partial charge on any atom is 0.238 e. The minimum Gasteiger partial charge on any atom is -0.344 e. The van der Waals surface area contributed by atoms with Gasteiger partial charge in [-0.05, 0) is 18.1 Å². The molecular formula is C22H30N6OS. The van der Waals surface area contributed by atoms with Gasteiger partial charge in [0.15, 0.2) is 0 Å². The third-order valence-electron chi connectivity index (χ3n) is 5.48. The average molecular weight is 427 g/mol. The van der Waals surface area contributed by atoms with Crippen molar-refractivity contribution in [3.8, 4) is 0 Å². The van der Waals surface area contributed by atoms with Gasteiger partial charge in [0.05, 0.1) is 18.4 Å². The fourth-order valence-corrected chi connectivity index (χ4v) is 4.55. The van der Waals surface area contributed by atoms with Gasteiger partial charge in [0, 0.05) is 37.3 Å². The second-order valence-electron chi connectivity index (χ2n) is 8.81. The van der Waals surface area contributed by atoms with E-state index in [-0.39, 0.29) is 11.3 Å². The van der Waals surface area contributed by atoms with Gasteiger partial charge in [0.25, 0.3) is 0 Å². The van der Waals surface area contributed by atoms with Crippen molar-refractivity contribution in [1.29, 1.82) is 0 Å². The van der Waals surface area contributed by atoms with Crippen molar-refractivity contribution in [3.05, 3.63) is 41.7 Å². The molecule has 0 radical (unpaired) electrons. The van der Waals surface area contributed by atoms with Crippen LogP contribution in [-0.4, -0.2) is 58.1 Å². The predicted molar refractivity (Wildman–Crippen MR) is 123 cm³/mol. The number of aromatic nitrogens is 3. The number of hydrogen-bond donors (Lipinski definition) is 1. The number of benzene rings is 1. The number of carbonyl (C=O) groups is 1. The third-order valence-corrected chi connectivity index (χ3v) is 6.47. The second-order valence-corrected chi connectivity index (χ2v) is 9.74. The quantitative estimate of drug-likeness (QED) is 0.677. The first-order valence-corrected chi connectivity index (χ1v) is 11.4. The summed E-state index contributed by atoms with van der Waals surface area (Å²) in [4.78, 5) is 22.7. The molecule has 1 N–H and O–H groups in total. The molecule has 3 heterocycles. The minimum absolute atomic E-state index is 0.0252. The number of hydrogen-bond acceptors (Lipinski definition) is 6. The molecule has 0 aliphatic carbocycles. The number of nitrogens with one attached hydrogen (secondary N) is 1. The van der Waals surface area contributed by atoms with Gasteiger partial charge >= 0.3 is 0 Å². The first-order chi connectivity index (χ1) is 14.3. The van der Waals surface area contributed by atoms with Gasteiger partial charge in [0.1, 0.15) is 0 Å². The van der Waals surface area contributed by atoms with E-state index in [1.165, 1.54) is 5.56 Å². The lowest BCUT2D eigenvalue weighted by atomic mass is 9.93. The van der Waals surface area contributed by atoms with Crippen LogP contribution in [0.4, 0.5) is 10.8 Å². The Morgan fingerprint density at radius 3 is 2.57 bits per heavy atom. The molecule has 3 aromatic rings. The highest BCUT2D eigenvalue weighted by molar-refractivity contribution is 7.20. The van der Waals surface area contributed by atoms with Crippen LogP contribution < -0.4 is 10.2 Å². The Kier molecular flexibility index (Phi) is 5.79. The fraction of sp³-hybridized carbons (Fsp3) is 0.500. The molecule has 8 heteroatoms. The lowest BCUT2D eigenvalue weighted by Gasteiger charge is -2.33. The van der Waals surface area contributed by atoms with Gasteiger partial charge in [-0.3, -0.25) is 9.69 Å². The van der Waals surface area contributed by atoms with Crippen LogP contribution in [0.15, 0.2) is 30.5 Å². The highest BCUT2D eigenvalue weighted by atomic mass is 32.1. The molecule has 2 aromatic heterocycles. The number of nitrogens with zero attached hydrogens (tertiary/aromatic N) is 5. The zero-order valence-electron chi connectivity index (χ0n) is 18.2. The van der Waals surface area contributed by atoms with Gasteiger partial charge in [-0.2, -0.15) is 0 Å². The molecule has 0 saturated carbocycles. The van der Waals surface area contributed by atoms with E-state index in [2.05, 4.69) is 48.9 Å². The summed E-state index contributed by atoms with van der Waals surface area (Å²) in [6, 6.07) is 8.00. The van der Waals surface area contributed by atoms with Crippen LogP contribution in [0, 0.1) is 0 Å². The van der Waals surface area contributed by atoms with Gasteiger partial charge in [0.2, 0.25) is 16.0 Å². The zero-order chi connectivity index (χ0) is 21.3. The Balaban J connectivity index is 1.32. The van der Waals surface area contributed by atoms with Crippen molar-refractivity contribution in [2.24, 2.45) is 0 Å². The second kappa shape index (κ2) is 8.35. The van der Waals surface area contributed by atoms with Crippen molar-refractivity contribution in [2.45, 2.75) is 39.5 Å². The Hall–Kier alpha value is -2.45. The van der Waals surface area contributed by atoms with E-state index < -0.39 is 0 Å². The van der Waals surface area contributed by atoms with E-state index in [9.17, 15) is 4.79 Å². The molecule has 1 aromatic carbocycles. The largest absolute Gasteiger partial charge is 0.344 e. The Morgan fingerprint density at radius 2 is 1.90 bits per heavy atom. The van der Waals surface area contributed by atoms with Crippen molar-refractivity contribution in [1.82, 2.24) is 19.5 Å². The van der Waals surface area contributed by atoms with Gasteiger partial charge in [-0.25, -0.2) is 9.50 Å². The van der Waals surface area contributed by atoms with Crippen LogP contribution >= 0.6 is 11.3 Å². The number of amides is 1. The summed E-state index contributed by atoms with van der Waals surface area (Å²) in [7, 11) is 0. The first kappa shape index (κ1) is 20.8. The summed E-state index contributed by atoms with van der Waals surface area (Å²) in [6.07, 6.45) is 2.94. The predicted octanol–water partition coefficient (Wildman–Crippen LogP) is 3.41. The Labute approximate surface area is 181 Å². The monoisotopic (exact) mass is 426 g/mol. The smallest absolute Gasteiger partial charge is 0.238 e. The summed E-state index contributed by atoms with van der Waals surface area (Å²) in [5, 5.41) is 8.80. The van der Waals surface area contributed by atoms with Crippen LogP contribution in [-0.2, 0) is 16.6 Å². The van der Waals surface area contributed by atoms with Crippen molar-refractivity contribution >= 4 is 33.0 Å². The maximum atomic E-state index is 12.5. The molecule has 1 fully saturated rings. The summed E-state index contributed by atoms with van der Waals surface area (Å²) >= 11 is 1.63. The third kappa shape index (κ3) is 4.49. The lowest BCUT2D eigenvalue weighted by Crippen LogP contribution is -2.48. The number of rotatable bonds is 5. The average Bonchev–Trinajstić information content (AvgIpc) is 3.28. The number of para-hydroxylation sites is 1. The summed E-state index contributed by atoms with van der Waals surface area (Å²) in [5.74, 6) is 0.0479. The normalized spacial score (nSPS) is 15.7. The number of carbonyl (C=O) groups excluding carboxylic acids is 1. The molecule has 1 saturated heterocycles. The van der Waals surface area contributed by atoms with Gasteiger partial charge < -0.3 is 10.2 Å². The number of fused-ring (bicyclic) bond motifs is 1. The van der Waals surface area contributed by atoms with Crippen LogP contribution in [0.25, 0.3) is 4.96 Å². The van der Waals surface area contributed by atoms with Crippen LogP contribution in [0.1, 0.15) is 39.0 Å². The van der Waals surface area contributed by atoms with Crippen molar-refractivity contribution in [3.63, 3.8) is 0 Å². The standard InChI is InChI=1S/C22H30N6OS/c1-5-16-8-6-7-9-17(16)23-19(29)15-26-10-12-27(13-11-26)21-25-28-14-18(22(2,3)4)24-20(28)30-21/h6-9,14H,5,10-13,15H2,1-4H3,(H,23,29). The van der Waals surface area contributed by atoms with Gasteiger partial charge in [-0.1, -0.05) is 57.2 Å². The minimum atomic E-state index is 0.0252. The molecule has 160 valence electrons. The van der Waals surface area contributed by atoms with E-state index in [1.807, 2.05) is 28.9 Å². The highest BCUT2D eigenvalue weighted by Crippen LogP contribution is 2.28. The molecule has 1 aliphatic heterocycles. The van der Waals surface area contributed by atoms with Crippen LogP contribution in [0.5, 0.6) is 0 Å². The van der Waals surface area contributed by atoms with Crippen LogP contribution in [0.3, 0.4) is 0 Å². The van der Waals surface area contributed by atoms with Gasteiger partial charge in [-0.15, -0.1) is 5.10 Å². The lowest BCUT2D eigenvalue weighted by molar-refractivity contribution is -0.117. The Morgan fingerprint density at radius 1 is 1.17 bits per heavy atom. The van der Waals surface area contributed by atoms with E-state index in [0.717, 1.165) is 54.1 Å². The molecule has 0 spiro atoms. The maximum absolute atomic E-state index is 12.5. The zero-order valence-corrected chi connectivity index (χ0v) is 19.0. The van der Waals surface area contributed by atoms with E-state index >= 15 is 0 Å². The van der Waals surface area contributed by atoms with Crippen molar-refractivity contribution < 1.29 is 4.79 Å². The molecule has 30 heavy (non-hydrogen) atoms. The molecule has 1 amide bonds. The number of anilines is 2. The number of piperazine rings is 1. The SMILES string of the molecule is CCc1ccccc1NC(=O)CN1CCN(c2nn3cc(C(C)(C)C)nc3s2)CC1. The molecule has 0 atom stereocenters. The van der Waals surface area contributed by atoms with Crippen molar-refractivity contribution in [2.75, 3.05) is 42.9 Å². The summed E-state index contributed by atoms with van der Waals surface area (Å²) < 4.78 is 1.89. The topological polar surface area (TPSA) is 65.8 Å². The molecular weight excluding hydrogens is 396 g/mol. The van der Waals surface area contributed by atoms with E-state index in [4.69, 9.17) is 10.1 Å². The molecule has 0 unspecified atom stereocenters. The summed E-state index contributed by atoms with van der Waals surface area (Å²) in [5.41, 5.74) is 3.17. The fourth-order valence-electron chi connectivity index (χ4n) is 3.62. The molecule has 0 bridgehead atoms. The molecule has 4 rings (SSSR count). The number of imidazole rings is 1. The Bertz CT molecular complexity index is 994. The van der Waals surface area contributed by atoms with E-state index in [1.54, 1.807) is 11.3 Å². The number of aryl methyl sites for hydroxylation is 1. The molecule has 7 nitrogen and oxygen atoms in total. The molecule has 1 aliphatic rings. The van der Waals surface area contributed by atoms with E-state index in [0.29, 0.717) is 6.54 Å². The summed E-state index contributed by atoms with van der Waals surface area (Å²) in [6.45, 7) is 12.4. The van der Waals surface area contributed by atoms with Crippen LogP contribution in [0.2, 0.25) is 0 Å². The first-order valence-electron chi connectivity index (χ1n) is 10.5. The highest BCUT2D eigenvalue weighted by Gasteiger charge is 2.24.